The molecule has 1 aliphatic rings. The number of aryl methyl sites for hydroxylation is 1. The van der Waals surface area contributed by atoms with Crippen molar-refractivity contribution in [3.05, 3.63) is 33.8 Å². The smallest absolute Gasteiger partial charge is 0.0437 e. The maximum Gasteiger partial charge on any atom is 0.0437 e. The van der Waals surface area contributed by atoms with Crippen molar-refractivity contribution >= 4 is 15.9 Å². The fraction of sp³-hybridized carbons (Fsp3) is 0.600. The number of fused-ring (bicyclic) bond motifs is 1. The molecule has 18 heavy (non-hydrogen) atoms. The Kier molecular flexibility index (Phi) is 3.86. The summed E-state index contributed by atoms with van der Waals surface area (Å²) in [5.41, 5.74) is 8.96. The molecule has 0 fully saturated rings. The molecule has 3 heteroatoms. The van der Waals surface area contributed by atoms with Crippen LogP contribution < -0.4 is 5.73 Å². The van der Waals surface area contributed by atoms with Gasteiger partial charge in [-0.1, -0.05) is 22.0 Å². The summed E-state index contributed by atoms with van der Waals surface area (Å²) in [5, 5.41) is 9.38. The summed E-state index contributed by atoms with van der Waals surface area (Å²) in [5.74, 6) is 0. The van der Waals surface area contributed by atoms with Crippen molar-refractivity contribution in [2.24, 2.45) is 11.1 Å². The minimum absolute atomic E-state index is 0.0164. The second-order valence-electron chi connectivity index (χ2n) is 6.07. The second kappa shape index (κ2) is 4.95. The van der Waals surface area contributed by atoms with Gasteiger partial charge in [-0.05, 0) is 68.2 Å². The molecule has 1 aromatic carbocycles. The minimum Gasteiger partial charge on any atom is -0.396 e. The van der Waals surface area contributed by atoms with Gasteiger partial charge in [-0.3, -0.25) is 0 Å². The van der Waals surface area contributed by atoms with Gasteiger partial charge in [0.1, 0.15) is 0 Å². The third kappa shape index (κ3) is 2.49. The number of nitrogens with two attached hydrogens (primary N) is 1. The summed E-state index contributed by atoms with van der Waals surface area (Å²) in [6, 6.07) is 6.50. The van der Waals surface area contributed by atoms with Crippen LogP contribution in [0.4, 0.5) is 0 Å². The molecule has 1 aromatic rings. The first kappa shape index (κ1) is 14.0. The summed E-state index contributed by atoms with van der Waals surface area (Å²) in [6.45, 7) is 4.39. The van der Waals surface area contributed by atoms with E-state index in [0.29, 0.717) is 0 Å². The standard InChI is InChI=1S/C15H22BrNO/c1-14(2,17)15(7-8-18)6-5-11-9-13(16)4-3-12(11)10-15/h3-4,9,18H,5-8,10,17H2,1-2H3. The molecule has 0 heterocycles. The average molecular weight is 312 g/mol. The highest BCUT2D eigenvalue weighted by molar-refractivity contribution is 9.10. The number of aliphatic hydroxyl groups is 1. The lowest BCUT2D eigenvalue weighted by Crippen LogP contribution is -2.54. The Labute approximate surface area is 118 Å². The van der Waals surface area contributed by atoms with E-state index in [0.717, 1.165) is 30.2 Å². The molecular formula is C15H22BrNO. The zero-order valence-corrected chi connectivity index (χ0v) is 12.8. The van der Waals surface area contributed by atoms with Crippen molar-refractivity contribution in [1.29, 1.82) is 0 Å². The predicted octanol–water partition coefficient (Wildman–Crippen LogP) is 3.04. The van der Waals surface area contributed by atoms with Gasteiger partial charge in [-0.2, -0.15) is 0 Å². The van der Waals surface area contributed by atoms with Crippen LogP contribution in [0.5, 0.6) is 0 Å². The molecule has 0 aromatic heterocycles. The maximum atomic E-state index is 9.38. The Hall–Kier alpha value is -0.380. The lowest BCUT2D eigenvalue weighted by molar-refractivity contribution is 0.0825. The lowest BCUT2D eigenvalue weighted by atomic mass is 9.60. The van der Waals surface area contributed by atoms with Crippen molar-refractivity contribution in [2.75, 3.05) is 6.61 Å². The van der Waals surface area contributed by atoms with Gasteiger partial charge in [0.25, 0.3) is 0 Å². The molecule has 1 aliphatic carbocycles. The van der Waals surface area contributed by atoms with E-state index >= 15 is 0 Å². The third-order valence-corrected chi connectivity index (χ3v) is 5.02. The van der Waals surface area contributed by atoms with Crippen LogP contribution >= 0.6 is 15.9 Å². The number of benzene rings is 1. The summed E-state index contributed by atoms with van der Waals surface area (Å²) in [7, 11) is 0. The van der Waals surface area contributed by atoms with Crippen LogP contribution in [0.25, 0.3) is 0 Å². The van der Waals surface area contributed by atoms with Crippen molar-refractivity contribution < 1.29 is 5.11 Å². The van der Waals surface area contributed by atoms with E-state index in [-0.39, 0.29) is 17.6 Å². The van der Waals surface area contributed by atoms with E-state index in [1.165, 1.54) is 11.1 Å². The number of rotatable bonds is 3. The molecule has 0 spiro atoms. The molecular weight excluding hydrogens is 290 g/mol. The topological polar surface area (TPSA) is 46.2 Å². The molecule has 2 rings (SSSR count). The molecule has 3 N–H and O–H groups in total. The average Bonchev–Trinajstić information content (AvgIpc) is 2.28. The van der Waals surface area contributed by atoms with Crippen LogP contribution in [0.3, 0.4) is 0 Å². The van der Waals surface area contributed by atoms with Crippen LogP contribution in [-0.2, 0) is 12.8 Å². The third-order valence-electron chi connectivity index (χ3n) is 4.53. The summed E-state index contributed by atoms with van der Waals surface area (Å²) >= 11 is 3.52. The SMILES string of the molecule is CC(C)(N)C1(CCO)CCc2cc(Br)ccc2C1. The van der Waals surface area contributed by atoms with E-state index in [9.17, 15) is 5.11 Å². The van der Waals surface area contributed by atoms with Gasteiger partial charge in [0.15, 0.2) is 0 Å². The van der Waals surface area contributed by atoms with E-state index in [4.69, 9.17) is 5.73 Å². The van der Waals surface area contributed by atoms with Gasteiger partial charge in [-0.15, -0.1) is 0 Å². The Morgan fingerprint density at radius 2 is 2.11 bits per heavy atom. The van der Waals surface area contributed by atoms with Crippen LogP contribution in [0.1, 0.15) is 37.8 Å². The van der Waals surface area contributed by atoms with Gasteiger partial charge in [0.05, 0.1) is 0 Å². The van der Waals surface area contributed by atoms with E-state index in [1.54, 1.807) is 0 Å². The molecule has 1 atom stereocenters. The number of aliphatic hydroxyl groups excluding tert-OH is 1. The van der Waals surface area contributed by atoms with Crippen molar-refractivity contribution in [2.45, 2.75) is 45.1 Å². The monoisotopic (exact) mass is 311 g/mol. The Bertz CT molecular complexity index is 439. The highest BCUT2D eigenvalue weighted by Gasteiger charge is 2.43. The Balaban J connectivity index is 2.36. The van der Waals surface area contributed by atoms with Gasteiger partial charge in [0, 0.05) is 16.6 Å². The Morgan fingerprint density at radius 3 is 2.72 bits per heavy atom. The highest BCUT2D eigenvalue weighted by Crippen LogP contribution is 2.45. The number of hydrogen-bond acceptors (Lipinski definition) is 2. The predicted molar refractivity (Wildman–Crippen MR) is 78.6 cm³/mol. The quantitative estimate of drug-likeness (QED) is 0.901. The first-order valence-electron chi connectivity index (χ1n) is 6.55. The summed E-state index contributed by atoms with van der Waals surface area (Å²) in [4.78, 5) is 0. The summed E-state index contributed by atoms with van der Waals surface area (Å²) < 4.78 is 1.14. The molecule has 0 amide bonds. The lowest BCUT2D eigenvalue weighted by Gasteiger charge is -2.47. The van der Waals surface area contributed by atoms with Gasteiger partial charge < -0.3 is 10.8 Å². The zero-order chi connectivity index (χ0) is 13.4. The van der Waals surface area contributed by atoms with E-state index < -0.39 is 0 Å². The van der Waals surface area contributed by atoms with Crippen LogP contribution in [0.2, 0.25) is 0 Å². The molecule has 100 valence electrons. The molecule has 0 saturated heterocycles. The summed E-state index contributed by atoms with van der Waals surface area (Å²) in [6.07, 6.45) is 3.86. The number of halogens is 1. The molecule has 0 saturated carbocycles. The molecule has 2 nitrogen and oxygen atoms in total. The molecule has 0 aliphatic heterocycles. The van der Waals surface area contributed by atoms with Gasteiger partial charge in [0.2, 0.25) is 0 Å². The zero-order valence-electron chi connectivity index (χ0n) is 11.2. The maximum absolute atomic E-state index is 9.38. The fourth-order valence-corrected chi connectivity index (χ4v) is 3.53. The molecule has 1 unspecified atom stereocenters. The Morgan fingerprint density at radius 1 is 1.39 bits per heavy atom. The molecule has 0 bridgehead atoms. The molecule has 0 radical (unpaired) electrons. The first-order valence-corrected chi connectivity index (χ1v) is 7.34. The highest BCUT2D eigenvalue weighted by atomic mass is 79.9. The van der Waals surface area contributed by atoms with Crippen molar-refractivity contribution in [1.82, 2.24) is 0 Å². The van der Waals surface area contributed by atoms with Crippen LogP contribution in [0.15, 0.2) is 22.7 Å². The fourth-order valence-electron chi connectivity index (χ4n) is 3.13. The van der Waals surface area contributed by atoms with E-state index in [2.05, 4.69) is 48.0 Å². The van der Waals surface area contributed by atoms with Crippen LogP contribution in [-0.4, -0.2) is 17.3 Å². The van der Waals surface area contributed by atoms with Gasteiger partial charge >= 0.3 is 0 Å². The van der Waals surface area contributed by atoms with Crippen molar-refractivity contribution in [3.63, 3.8) is 0 Å². The first-order chi connectivity index (χ1) is 8.38. The van der Waals surface area contributed by atoms with Crippen LogP contribution in [0, 0.1) is 5.41 Å². The largest absolute Gasteiger partial charge is 0.396 e. The van der Waals surface area contributed by atoms with Crippen molar-refractivity contribution in [3.8, 4) is 0 Å². The second-order valence-corrected chi connectivity index (χ2v) is 6.98. The van der Waals surface area contributed by atoms with Gasteiger partial charge in [-0.25, -0.2) is 0 Å². The normalized spacial score (nSPS) is 23.8. The minimum atomic E-state index is -0.263. The van der Waals surface area contributed by atoms with E-state index in [1.807, 2.05) is 0 Å². The number of hydrogen-bond donors (Lipinski definition) is 2.